The Morgan fingerprint density at radius 3 is 1.89 bits per heavy atom. The molecule has 6 nitrogen and oxygen atoms in total. The second kappa shape index (κ2) is 8.68. The lowest BCUT2D eigenvalue weighted by atomic mass is 10.2. The molecule has 0 aliphatic carbocycles. The van der Waals surface area contributed by atoms with Crippen molar-refractivity contribution < 1.29 is 28.6 Å². The van der Waals surface area contributed by atoms with E-state index < -0.39 is 30.1 Å². The summed E-state index contributed by atoms with van der Waals surface area (Å²) in [6.45, 7) is 10.9. The van der Waals surface area contributed by atoms with Crippen molar-refractivity contribution in [2.24, 2.45) is 0 Å². The van der Waals surface area contributed by atoms with E-state index >= 15 is 0 Å². The molecule has 0 amide bonds. The molecule has 2 atom stereocenters. The molecule has 0 rings (SSSR count). The average molecular weight is 268 g/mol. The summed E-state index contributed by atoms with van der Waals surface area (Å²) in [5, 5.41) is 0. The minimum atomic E-state index is -0.946. The Morgan fingerprint density at radius 2 is 1.42 bits per heavy atom. The Hall–Kier alpha value is -2.37. The topological polar surface area (TPSA) is 78.9 Å². The molecule has 0 fully saturated rings. The molecule has 0 saturated heterocycles. The summed E-state index contributed by atoms with van der Waals surface area (Å²) < 4.78 is 14.6. The van der Waals surface area contributed by atoms with E-state index in [9.17, 15) is 14.4 Å². The third-order valence-corrected chi connectivity index (χ3v) is 1.98. The molecule has 0 heterocycles. The summed E-state index contributed by atoms with van der Waals surface area (Å²) in [5.74, 6) is -2.08. The second-order valence-corrected chi connectivity index (χ2v) is 3.36. The van der Waals surface area contributed by atoms with Gasteiger partial charge in [-0.25, -0.2) is 14.4 Å². The fourth-order valence-electron chi connectivity index (χ4n) is 0.993. The molecule has 0 aliphatic heterocycles. The van der Waals surface area contributed by atoms with Crippen molar-refractivity contribution in [1.82, 2.24) is 0 Å². The normalized spacial score (nSPS) is 12.5. The number of carbonyl (C=O) groups excluding carboxylic acids is 3. The predicted molar refractivity (Wildman–Crippen MR) is 67.0 cm³/mol. The predicted octanol–water partition coefficient (Wildman–Crippen LogP) is 0.931. The highest BCUT2D eigenvalue weighted by atomic mass is 16.6. The molecular weight excluding hydrogens is 252 g/mol. The van der Waals surface area contributed by atoms with Crippen molar-refractivity contribution in [3.8, 4) is 0 Å². The van der Waals surface area contributed by atoms with E-state index in [1.807, 2.05) is 0 Å². The van der Waals surface area contributed by atoms with Gasteiger partial charge in [-0.3, -0.25) is 0 Å². The number of hydrogen-bond donors (Lipinski definition) is 0. The van der Waals surface area contributed by atoms with Crippen LogP contribution in [-0.4, -0.2) is 36.7 Å². The van der Waals surface area contributed by atoms with E-state index in [4.69, 9.17) is 14.2 Å². The minimum Gasteiger partial charge on any atom is -0.458 e. The summed E-state index contributed by atoms with van der Waals surface area (Å²) in [4.78, 5) is 33.1. The highest BCUT2D eigenvalue weighted by Gasteiger charge is 2.25. The molecule has 0 aromatic carbocycles. The number of hydrogen-bond acceptors (Lipinski definition) is 6. The summed E-state index contributed by atoms with van der Waals surface area (Å²) in [7, 11) is 0. The SMILES string of the molecule is C=CC(=O)OCC(OC(=O)C=C)C(C)OC(=O)C=C. The van der Waals surface area contributed by atoms with Crippen molar-refractivity contribution in [2.45, 2.75) is 19.1 Å². The first kappa shape index (κ1) is 16.6. The lowest BCUT2D eigenvalue weighted by Crippen LogP contribution is -2.36. The Morgan fingerprint density at radius 1 is 0.947 bits per heavy atom. The van der Waals surface area contributed by atoms with Crippen LogP contribution >= 0.6 is 0 Å². The van der Waals surface area contributed by atoms with Crippen LogP contribution in [-0.2, 0) is 28.6 Å². The van der Waals surface area contributed by atoms with Crippen LogP contribution in [0.2, 0.25) is 0 Å². The zero-order valence-electron chi connectivity index (χ0n) is 10.7. The molecule has 0 aliphatic rings. The molecule has 104 valence electrons. The van der Waals surface area contributed by atoms with Gasteiger partial charge < -0.3 is 14.2 Å². The number of rotatable bonds is 8. The van der Waals surface area contributed by atoms with E-state index in [1.165, 1.54) is 6.92 Å². The quantitative estimate of drug-likeness (QED) is 0.370. The monoisotopic (exact) mass is 268 g/mol. The fourth-order valence-corrected chi connectivity index (χ4v) is 0.993. The highest BCUT2D eigenvalue weighted by molar-refractivity contribution is 5.82. The van der Waals surface area contributed by atoms with Gasteiger partial charge in [0, 0.05) is 18.2 Å². The zero-order valence-corrected chi connectivity index (χ0v) is 10.7. The van der Waals surface area contributed by atoms with Crippen LogP contribution in [0.1, 0.15) is 6.92 Å². The summed E-state index contributed by atoms with van der Waals surface area (Å²) in [6, 6.07) is 0. The van der Waals surface area contributed by atoms with Crippen molar-refractivity contribution >= 4 is 17.9 Å². The highest BCUT2D eigenvalue weighted by Crippen LogP contribution is 2.07. The lowest BCUT2D eigenvalue weighted by Gasteiger charge is -2.22. The van der Waals surface area contributed by atoms with Gasteiger partial charge in [-0.05, 0) is 6.92 Å². The Balaban J connectivity index is 4.63. The van der Waals surface area contributed by atoms with Gasteiger partial charge in [-0.1, -0.05) is 19.7 Å². The van der Waals surface area contributed by atoms with Crippen LogP contribution in [0.3, 0.4) is 0 Å². The molecule has 6 heteroatoms. The maximum atomic E-state index is 11.1. The minimum absolute atomic E-state index is 0.268. The van der Waals surface area contributed by atoms with E-state index in [0.717, 1.165) is 18.2 Å². The maximum Gasteiger partial charge on any atom is 0.330 e. The Kier molecular flexibility index (Phi) is 7.60. The summed E-state index contributed by atoms with van der Waals surface area (Å²) in [6.07, 6.45) is 1.13. The molecule has 2 unspecified atom stereocenters. The summed E-state index contributed by atoms with van der Waals surface area (Å²) in [5.41, 5.74) is 0. The largest absolute Gasteiger partial charge is 0.458 e. The van der Waals surface area contributed by atoms with Gasteiger partial charge in [-0.15, -0.1) is 0 Å². The second-order valence-electron chi connectivity index (χ2n) is 3.36. The molecule has 0 aromatic rings. The van der Waals surface area contributed by atoms with Crippen LogP contribution < -0.4 is 0 Å². The van der Waals surface area contributed by atoms with Gasteiger partial charge in [0.1, 0.15) is 12.7 Å². The van der Waals surface area contributed by atoms with E-state index in [0.29, 0.717) is 0 Å². The van der Waals surface area contributed by atoms with Crippen molar-refractivity contribution in [1.29, 1.82) is 0 Å². The first-order valence-electron chi connectivity index (χ1n) is 5.39. The number of ether oxygens (including phenoxy) is 3. The first-order chi connectivity index (χ1) is 8.94. The zero-order chi connectivity index (χ0) is 14.8. The first-order valence-corrected chi connectivity index (χ1v) is 5.39. The third kappa shape index (κ3) is 6.82. The van der Waals surface area contributed by atoms with E-state index in [2.05, 4.69) is 19.7 Å². The standard InChI is InChI=1S/C13H16O6/c1-5-11(14)17-8-10(19-13(16)7-3)9(4)18-12(15)6-2/h5-7,9-10H,1-3,8H2,4H3. The number of esters is 3. The maximum absolute atomic E-state index is 11.1. The van der Waals surface area contributed by atoms with Gasteiger partial charge in [0.25, 0.3) is 0 Å². The summed E-state index contributed by atoms with van der Waals surface area (Å²) >= 11 is 0. The molecule has 0 saturated carbocycles. The van der Waals surface area contributed by atoms with Crippen LogP contribution in [0, 0.1) is 0 Å². The molecule has 0 aromatic heterocycles. The van der Waals surface area contributed by atoms with Crippen LogP contribution in [0.5, 0.6) is 0 Å². The average Bonchev–Trinajstić information content (AvgIpc) is 2.41. The smallest absolute Gasteiger partial charge is 0.330 e. The van der Waals surface area contributed by atoms with Crippen molar-refractivity contribution in [3.63, 3.8) is 0 Å². The van der Waals surface area contributed by atoms with Gasteiger partial charge in [0.15, 0.2) is 6.10 Å². The molecule has 0 spiro atoms. The van der Waals surface area contributed by atoms with Crippen molar-refractivity contribution in [2.75, 3.05) is 6.61 Å². The molecular formula is C13H16O6. The van der Waals surface area contributed by atoms with Crippen LogP contribution in [0.15, 0.2) is 38.0 Å². The van der Waals surface area contributed by atoms with Gasteiger partial charge in [0.2, 0.25) is 0 Å². The molecule has 19 heavy (non-hydrogen) atoms. The van der Waals surface area contributed by atoms with Crippen LogP contribution in [0.25, 0.3) is 0 Å². The lowest BCUT2D eigenvalue weighted by molar-refractivity contribution is -0.167. The van der Waals surface area contributed by atoms with Crippen LogP contribution in [0.4, 0.5) is 0 Å². The molecule has 0 N–H and O–H groups in total. The Bertz CT molecular complexity index is 385. The van der Waals surface area contributed by atoms with Gasteiger partial charge >= 0.3 is 17.9 Å². The van der Waals surface area contributed by atoms with Gasteiger partial charge in [0.05, 0.1) is 0 Å². The molecule has 0 radical (unpaired) electrons. The third-order valence-electron chi connectivity index (χ3n) is 1.98. The van der Waals surface area contributed by atoms with Gasteiger partial charge in [-0.2, -0.15) is 0 Å². The van der Waals surface area contributed by atoms with Crippen molar-refractivity contribution in [3.05, 3.63) is 38.0 Å². The molecule has 0 bridgehead atoms. The fraction of sp³-hybridized carbons (Fsp3) is 0.308. The van der Waals surface area contributed by atoms with E-state index in [1.54, 1.807) is 0 Å². The Labute approximate surface area is 111 Å². The number of carbonyl (C=O) groups is 3. The van der Waals surface area contributed by atoms with E-state index in [-0.39, 0.29) is 6.61 Å².